The normalized spacial score (nSPS) is 15.3. The molecule has 8 heteroatoms. The molecule has 0 saturated carbocycles. The Morgan fingerprint density at radius 3 is 2.28 bits per heavy atom. The van der Waals surface area contributed by atoms with Crippen LogP contribution in [0.2, 0.25) is 0 Å². The zero-order valence-electron chi connectivity index (χ0n) is 17.1. The minimum atomic E-state index is -3.53. The van der Waals surface area contributed by atoms with Gasteiger partial charge in [0.1, 0.15) is 0 Å². The first-order chi connectivity index (χ1) is 13.8. The molecule has 7 nitrogen and oxygen atoms in total. The highest BCUT2D eigenvalue weighted by Gasteiger charge is 2.16. The number of aryl methyl sites for hydroxylation is 1. The fourth-order valence-electron chi connectivity index (χ4n) is 3.30. The van der Waals surface area contributed by atoms with Crippen LogP contribution in [0.25, 0.3) is 0 Å². The monoisotopic (exact) mass is 416 g/mol. The van der Waals surface area contributed by atoms with Crippen LogP contribution in [0.1, 0.15) is 22.8 Å². The number of hydrogen-bond donors (Lipinski definition) is 2. The highest BCUT2D eigenvalue weighted by molar-refractivity contribution is 7.89. The summed E-state index contributed by atoms with van der Waals surface area (Å²) in [5, 5.41) is 2.92. The number of nitrogens with one attached hydrogen (secondary N) is 2. The number of likely N-dealkylation sites (N-methyl/N-ethyl adjacent to an activating group) is 1. The van der Waals surface area contributed by atoms with Gasteiger partial charge < -0.3 is 15.1 Å². The average Bonchev–Trinajstić information content (AvgIpc) is 2.70. The Hall–Kier alpha value is -2.42. The minimum Gasteiger partial charge on any atom is -0.369 e. The molecule has 2 N–H and O–H groups in total. The number of rotatable bonds is 6. The summed E-state index contributed by atoms with van der Waals surface area (Å²) in [4.78, 5) is 17.4. The Morgan fingerprint density at radius 2 is 1.69 bits per heavy atom. The Bertz CT molecular complexity index is 966. The molecule has 1 fully saturated rings. The molecule has 29 heavy (non-hydrogen) atoms. The predicted octanol–water partition coefficient (Wildman–Crippen LogP) is 2.30. The van der Waals surface area contributed by atoms with Gasteiger partial charge in [0.2, 0.25) is 10.0 Å². The number of anilines is 2. The molecule has 2 aromatic carbocycles. The van der Waals surface area contributed by atoms with Crippen LogP contribution in [0.15, 0.2) is 47.4 Å². The van der Waals surface area contributed by atoms with E-state index >= 15 is 0 Å². The van der Waals surface area contributed by atoms with Crippen LogP contribution < -0.4 is 14.9 Å². The molecule has 1 saturated heterocycles. The van der Waals surface area contributed by atoms with E-state index in [2.05, 4.69) is 33.0 Å². The van der Waals surface area contributed by atoms with E-state index in [1.807, 2.05) is 19.1 Å². The van der Waals surface area contributed by atoms with Gasteiger partial charge in [0.05, 0.1) is 4.90 Å². The van der Waals surface area contributed by atoms with Gasteiger partial charge >= 0.3 is 0 Å². The van der Waals surface area contributed by atoms with Crippen molar-refractivity contribution < 1.29 is 13.2 Å². The van der Waals surface area contributed by atoms with E-state index in [0.717, 1.165) is 43.1 Å². The number of benzene rings is 2. The van der Waals surface area contributed by atoms with Gasteiger partial charge in [-0.1, -0.05) is 6.92 Å². The molecule has 0 atom stereocenters. The van der Waals surface area contributed by atoms with Gasteiger partial charge in [-0.15, -0.1) is 0 Å². The van der Waals surface area contributed by atoms with Crippen LogP contribution >= 0.6 is 0 Å². The van der Waals surface area contributed by atoms with Crippen LogP contribution in [0.3, 0.4) is 0 Å². The summed E-state index contributed by atoms with van der Waals surface area (Å²) in [5.74, 6) is -0.271. The standard InChI is InChI=1S/C21H28N4O3S/c1-4-22-29(27,28)19-8-5-17(6-9-19)21(26)23-20-10-7-18(15-16(20)2)25-13-11-24(3)12-14-25/h5-10,15,22H,4,11-14H2,1-3H3,(H,23,26). The highest BCUT2D eigenvalue weighted by atomic mass is 32.2. The highest BCUT2D eigenvalue weighted by Crippen LogP contribution is 2.24. The molecule has 0 aromatic heterocycles. The fourth-order valence-corrected chi connectivity index (χ4v) is 4.34. The number of amides is 1. The minimum absolute atomic E-state index is 0.142. The number of piperazine rings is 1. The van der Waals surface area contributed by atoms with Gasteiger partial charge in [-0.05, 0) is 62.0 Å². The van der Waals surface area contributed by atoms with Gasteiger partial charge in [-0.25, -0.2) is 13.1 Å². The first kappa shape index (κ1) is 21.3. The van der Waals surface area contributed by atoms with Crippen molar-refractivity contribution >= 4 is 27.3 Å². The third-order valence-electron chi connectivity index (χ3n) is 5.09. The van der Waals surface area contributed by atoms with Crippen LogP contribution in [0.5, 0.6) is 0 Å². The van der Waals surface area contributed by atoms with Crippen molar-refractivity contribution in [2.75, 3.05) is 50.0 Å². The van der Waals surface area contributed by atoms with Crippen molar-refractivity contribution in [1.29, 1.82) is 0 Å². The lowest BCUT2D eigenvalue weighted by atomic mass is 10.1. The van der Waals surface area contributed by atoms with E-state index in [1.165, 1.54) is 24.3 Å². The number of carbonyl (C=O) groups is 1. The molecule has 3 rings (SSSR count). The van der Waals surface area contributed by atoms with E-state index in [9.17, 15) is 13.2 Å². The lowest BCUT2D eigenvalue weighted by Crippen LogP contribution is -2.44. The lowest BCUT2D eigenvalue weighted by molar-refractivity contribution is 0.102. The van der Waals surface area contributed by atoms with E-state index in [-0.39, 0.29) is 10.8 Å². The van der Waals surface area contributed by atoms with Crippen molar-refractivity contribution in [3.05, 3.63) is 53.6 Å². The molecule has 0 spiro atoms. The molecule has 1 aliphatic rings. The summed E-state index contributed by atoms with van der Waals surface area (Å²) in [5.41, 5.74) is 3.30. The third-order valence-corrected chi connectivity index (χ3v) is 6.65. The predicted molar refractivity (Wildman–Crippen MR) is 116 cm³/mol. The zero-order valence-corrected chi connectivity index (χ0v) is 17.9. The van der Waals surface area contributed by atoms with E-state index in [1.54, 1.807) is 6.92 Å². The second-order valence-corrected chi connectivity index (χ2v) is 9.04. The van der Waals surface area contributed by atoms with Gasteiger partial charge in [0.15, 0.2) is 0 Å². The summed E-state index contributed by atoms with van der Waals surface area (Å²) in [6.07, 6.45) is 0. The molecule has 156 valence electrons. The molecule has 1 aliphatic heterocycles. The average molecular weight is 417 g/mol. The van der Waals surface area contributed by atoms with Crippen LogP contribution in [0.4, 0.5) is 11.4 Å². The summed E-state index contributed by atoms with van der Waals surface area (Å²) < 4.78 is 26.5. The summed E-state index contributed by atoms with van der Waals surface area (Å²) in [6.45, 7) is 8.06. The third kappa shape index (κ3) is 5.14. The van der Waals surface area contributed by atoms with Crippen molar-refractivity contribution in [3.63, 3.8) is 0 Å². The summed E-state index contributed by atoms with van der Waals surface area (Å²) in [6, 6.07) is 12.0. The smallest absolute Gasteiger partial charge is 0.255 e. The second-order valence-electron chi connectivity index (χ2n) is 7.27. The summed E-state index contributed by atoms with van der Waals surface area (Å²) in [7, 11) is -1.40. The fraction of sp³-hybridized carbons (Fsp3) is 0.381. The van der Waals surface area contributed by atoms with Crippen molar-refractivity contribution in [3.8, 4) is 0 Å². The van der Waals surface area contributed by atoms with Crippen LogP contribution in [-0.4, -0.2) is 59.0 Å². The molecule has 0 unspecified atom stereocenters. The van der Waals surface area contributed by atoms with Crippen molar-refractivity contribution in [2.45, 2.75) is 18.7 Å². The zero-order chi connectivity index (χ0) is 21.0. The molecular weight excluding hydrogens is 388 g/mol. The Kier molecular flexibility index (Phi) is 6.56. The van der Waals surface area contributed by atoms with E-state index < -0.39 is 10.0 Å². The SMILES string of the molecule is CCNS(=O)(=O)c1ccc(C(=O)Nc2ccc(N3CCN(C)CC3)cc2C)cc1. The Labute approximate surface area is 172 Å². The maximum absolute atomic E-state index is 12.6. The Morgan fingerprint density at radius 1 is 1.03 bits per heavy atom. The summed E-state index contributed by atoms with van der Waals surface area (Å²) >= 11 is 0. The van der Waals surface area contributed by atoms with Gasteiger partial charge in [-0.3, -0.25) is 4.79 Å². The molecule has 0 aliphatic carbocycles. The van der Waals surface area contributed by atoms with Gasteiger partial charge in [-0.2, -0.15) is 0 Å². The quantitative estimate of drug-likeness (QED) is 0.755. The van der Waals surface area contributed by atoms with E-state index in [0.29, 0.717) is 12.1 Å². The number of carbonyl (C=O) groups excluding carboxylic acids is 1. The molecule has 2 aromatic rings. The topological polar surface area (TPSA) is 81.7 Å². The van der Waals surface area contributed by atoms with Crippen LogP contribution in [-0.2, 0) is 10.0 Å². The Balaban J connectivity index is 1.69. The number of nitrogens with zero attached hydrogens (tertiary/aromatic N) is 2. The number of hydrogen-bond acceptors (Lipinski definition) is 5. The molecule has 1 amide bonds. The largest absolute Gasteiger partial charge is 0.369 e. The molecular formula is C21H28N4O3S. The molecule has 0 radical (unpaired) electrons. The van der Waals surface area contributed by atoms with Gasteiger partial charge in [0, 0.05) is 49.7 Å². The first-order valence-electron chi connectivity index (χ1n) is 9.75. The van der Waals surface area contributed by atoms with E-state index in [4.69, 9.17) is 0 Å². The van der Waals surface area contributed by atoms with Crippen LogP contribution in [0, 0.1) is 6.92 Å². The van der Waals surface area contributed by atoms with Crippen molar-refractivity contribution in [2.24, 2.45) is 0 Å². The molecule has 1 heterocycles. The van der Waals surface area contributed by atoms with Crippen molar-refractivity contribution in [1.82, 2.24) is 9.62 Å². The van der Waals surface area contributed by atoms with Gasteiger partial charge in [0.25, 0.3) is 5.91 Å². The maximum atomic E-state index is 12.6. The first-order valence-corrected chi connectivity index (χ1v) is 11.2. The second kappa shape index (κ2) is 8.94. The number of sulfonamides is 1. The molecule has 0 bridgehead atoms. The lowest BCUT2D eigenvalue weighted by Gasteiger charge is -2.34. The maximum Gasteiger partial charge on any atom is 0.255 e.